The fourth-order valence-corrected chi connectivity index (χ4v) is 1.51. The maximum Gasteiger partial charge on any atom is 0.106 e. The molecule has 0 N–H and O–H groups in total. The van der Waals surface area contributed by atoms with E-state index in [-0.39, 0.29) is 0 Å². The van der Waals surface area contributed by atoms with E-state index in [0.717, 1.165) is 4.43 Å². The molecule has 0 rings (SSSR count). The molecule has 7 heavy (non-hydrogen) atoms. The summed E-state index contributed by atoms with van der Waals surface area (Å²) in [6.07, 6.45) is 0.660. The Morgan fingerprint density at radius 1 is 1.57 bits per heavy atom. The van der Waals surface area contributed by atoms with Gasteiger partial charge in [-0.2, -0.15) is 0 Å². The van der Waals surface area contributed by atoms with Gasteiger partial charge in [0.05, 0.1) is 0 Å². The Hall–Kier alpha value is 0.660. The maximum absolute atomic E-state index is 12.4. The van der Waals surface area contributed by atoms with Gasteiger partial charge in [-0.15, -0.1) is 0 Å². The summed E-state index contributed by atoms with van der Waals surface area (Å²) in [4.78, 5) is 0. The predicted molar refractivity (Wildman–Crippen MR) is 38.7 cm³/mol. The lowest BCUT2D eigenvalue weighted by molar-refractivity contribution is 0.213. The molecule has 0 aliphatic rings. The lowest BCUT2D eigenvalue weighted by Gasteiger charge is -2.09. The summed E-state index contributed by atoms with van der Waals surface area (Å²) in [6.45, 7) is 3.21. The second-order valence-electron chi connectivity index (χ2n) is 2.16. The first-order valence-corrected chi connectivity index (χ1v) is 3.84. The van der Waals surface area contributed by atoms with Gasteiger partial charge < -0.3 is 0 Å². The number of hydrogen-bond acceptors (Lipinski definition) is 0. The van der Waals surface area contributed by atoms with E-state index in [2.05, 4.69) is 22.6 Å². The molecule has 0 aromatic carbocycles. The van der Waals surface area contributed by atoms with E-state index >= 15 is 0 Å². The Morgan fingerprint density at radius 3 is 2.00 bits per heavy atom. The molecular weight excluding hydrogens is 206 g/mol. The van der Waals surface area contributed by atoms with Crippen LogP contribution in [-0.2, 0) is 0 Å². The van der Waals surface area contributed by atoms with E-state index in [4.69, 9.17) is 0 Å². The van der Waals surface area contributed by atoms with Gasteiger partial charge in [-0.25, -0.2) is 4.39 Å². The number of rotatable bonds is 2. The summed E-state index contributed by atoms with van der Waals surface area (Å²) in [7, 11) is 0. The smallest absolute Gasteiger partial charge is 0.106 e. The van der Waals surface area contributed by atoms with Gasteiger partial charge in [0.1, 0.15) is 5.67 Å². The summed E-state index contributed by atoms with van der Waals surface area (Å²) in [5, 5.41) is 0. The molecule has 0 heterocycles. The molecule has 0 saturated carbocycles. The molecule has 0 radical (unpaired) electrons. The van der Waals surface area contributed by atoms with Gasteiger partial charge in [0.25, 0.3) is 0 Å². The van der Waals surface area contributed by atoms with Gasteiger partial charge in [0.15, 0.2) is 0 Å². The fraction of sp³-hybridized carbons (Fsp3) is 1.00. The van der Waals surface area contributed by atoms with Crippen molar-refractivity contribution < 1.29 is 4.39 Å². The molecular formula is C5H10FI. The van der Waals surface area contributed by atoms with E-state index in [1.54, 1.807) is 13.8 Å². The van der Waals surface area contributed by atoms with Gasteiger partial charge in [0.2, 0.25) is 0 Å². The molecule has 0 atom stereocenters. The molecule has 0 aromatic heterocycles. The zero-order chi connectivity index (χ0) is 5.91. The molecule has 0 amide bonds. The van der Waals surface area contributed by atoms with Gasteiger partial charge in [-0.05, 0) is 20.3 Å². The van der Waals surface area contributed by atoms with Crippen LogP contribution in [0.5, 0.6) is 0 Å². The van der Waals surface area contributed by atoms with E-state index in [0.29, 0.717) is 6.42 Å². The van der Waals surface area contributed by atoms with E-state index in [1.807, 2.05) is 0 Å². The minimum Gasteiger partial charge on any atom is -0.244 e. The lowest BCUT2D eigenvalue weighted by Crippen LogP contribution is -2.11. The molecule has 0 unspecified atom stereocenters. The molecule has 0 saturated heterocycles. The van der Waals surface area contributed by atoms with Gasteiger partial charge in [-0.3, -0.25) is 0 Å². The van der Waals surface area contributed by atoms with Crippen LogP contribution in [0, 0.1) is 0 Å². The molecule has 0 aliphatic carbocycles. The third kappa shape index (κ3) is 6.66. The normalized spacial score (nSPS) is 12.0. The third-order valence-corrected chi connectivity index (χ3v) is 1.23. The Kier molecular flexibility index (Phi) is 3.11. The first-order valence-electron chi connectivity index (χ1n) is 2.31. The van der Waals surface area contributed by atoms with Crippen molar-refractivity contribution in [2.24, 2.45) is 0 Å². The van der Waals surface area contributed by atoms with Crippen molar-refractivity contribution in [1.82, 2.24) is 0 Å². The molecule has 0 nitrogen and oxygen atoms in total. The van der Waals surface area contributed by atoms with Crippen LogP contribution in [0.3, 0.4) is 0 Å². The third-order valence-electron chi connectivity index (χ3n) is 0.689. The van der Waals surface area contributed by atoms with Crippen LogP contribution in [0.2, 0.25) is 0 Å². The Labute approximate surface area is 57.6 Å². The Morgan fingerprint density at radius 2 is 2.00 bits per heavy atom. The Balaban J connectivity index is 3.15. The lowest BCUT2D eigenvalue weighted by atomic mass is 10.1. The summed E-state index contributed by atoms with van der Waals surface area (Å²) in [5.74, 6) is 0. The highest BCUT2D eigenvalue weighted by Crippen LogP contribution is 2.14. The SMILES string of the molecule is CC(C)(F)CCI. The molecule has 2 heteroatoms. The summed E-state index contributed by atoms with van der Waals surface area (Å²) in [6, 6.07) is 0. The fourth-order valence-electron chi connectivity index (χ4n) is 0.225. The van der Waals surface area contributed by atoms with Crippen LogP contribution in [0.25, 0.3) is 0 Å². The van der Waals surface area contributed by atoms with Crippen molar-refractivity contribution in [1.29, 1.82) is 0 Å². The van der Waals surface area contributed by atoms with Crippen LogP contribution >= 0.6 is 22.6 Å². The first kappa shape index (κ1) is 7.66. The van der Waals surface area contributed by atoms with E-state index < -0.39 is 5.67 Å². The second-order valence-corrected chi connectivity index (χ2v) is 3.24. The highest BCUT2D eigenvalue weighted by Gasteiger charge is 2.12. The highest BCUT2D eigenvalue weighted by molar-refractivity contribution is 14.1. The number of hydrogen-bond donors (Lipinski definition) is 0. The zero-order valence-corrected chi connectivity index (χ0v) is 6.83. The standard InChI is InChI=1S/C5H10FI/c1-5(2,6)3-4-7/h3-4H2,1-2H3. The maximum atomic E-state index is 12.4. The largest absolute Gasteiger partial charge is 0.244 e. The van der Waals surface area contributed by atoms with Crippen molar-refractivity contribution in [2.45, 2.75) is 25.9 Å². The molecule has 0 spiro atoms. The first-order chi connectivity index (χ1) is 3.06. The van der Waals surface area contributed by atoms with Crippen molar-refractivity contribution in [3.63, 3.8) is 0 Å². The monoisotopic (exact) mass is 216 g/mol. The highest BCUT2D eigenvalue weighted by atomic mass is 127. The van der Waals surface area contributed by atoms with Gasteiger partial charge >= 0.3 is 0 Å². The molecule has 0 fully saturated rings. The van der Waals surface area contributed by atoms with Crippen molar-refractivity contribution in [2.75, 3.05) is 4.43 Å². The van der Waals surface area contributed by atoms with Crippen LogP contribution in [0.4, 0.5) is 4.39 Å². The van der Waals surface area contributed by atoms with Crippen molar-refractivity contribution >= 4 is 22.6 Å². The zero-order valence-electron chi connectivity index (χ0n) is 4.67. The number of alkyl halides is 2. The molecule has 0 aromatic rings. The van der Waals surface area contributed by atoms with Crippen molar-refractivity contribution in [3.8, 4) is 0 Å². The van der Waals surface area contributed by atoms with E-state index in [9.17, 15) is 4.39 Å². The molecule has 0 aliphatic heterocycles. The second kappa shape index (κ2) is 2.84. The summed E-state index contributed by atoms with van der Waals surface area (Å²) < 4.78 is 13.3. The van der Waals surface area contributed by atoms with E-state index in [1.165, 1.54) is 0 Å². The average Bonchev–Trinajstić information content (AvgIpc) is 1.30. The van der Waals surface area contributed by atoms with Crippen LogP contribution in [-0.4, -0.2) is 10.1 Å². The minimum absolute atomic E-state index is 0.660. The predicted octanol–water partition coefficient (Wildman–Crippen LogP) is 2.56. The minimum atomic E-state index is -0.957. The van der Waals surface area contributed by atoms with Gasteiger partial charge in [0, 0.05) is 4.43 Å². The van der Waals surface area contributed by atoms with Crippen LogP contribution in [0.15, 0.2) is 0 Å². The van der Waals surface area contributed by atoms with Crippen LogP contribution < -0.4 is 0 Å². The number of halogens is 2. The van der Waals surface area contributed by atoms with Crippen molar-refractivity contribution in [3.05, 3.63) is 0 Å². The van der Waals surface area contributed by atoms with Gasteiger partial charge in [-0.1, -0.05) is 22.6 Å². The molecule has 44 valence electrons. The topological polar surface area (TPSA) is 0 Å². The average molecular weight is 216 g/mol. The quantitative estimate of drug-likeness (QED) is 0.491. The Bertz CT molecular complexity index is 46.5. The molecule has 0 bridgehead atoms. The summed E-state index contributed by atoms with van der Waals surface area (Å²) >= 11 is 2.17. The van der Waals surface area contributed by atoms with Crippen LogP contribution in [0.1, 0.15) is 20.3 Å². The summed E-state index contributed by atoms with van der Waals surface area (Å²) in [5.41, 5.74) is -0.957.